The molecule has 6 heteroatoms. The first kappa shape index (κ1) is 19.2. The molecule has 0 unspecified atom stereocenters. The van der Waals surface area contributed by atoms with E-state index in [1.165, 1.54) is 0 Å². The van der Waals surface area contributed by atoms with Gasteiger partial charge in [0.15, 0.2) is 0 Å². The summed E-state index contributed by atoms with van der Waals surface area (Å²) in [4.78, 5) is 0. The minimum Gasteiger partial charge on any atom is -0.460 e. The summed E-state index contributed by atoms with van der Waals surface area (Å²) < 4.78 is 5.84. The number of hydrogen-bond acceptors (Lipinski definition) is 2. The topological polar surface area (TPSA) is 25.2 Å². The highest BCUT2D eigenvalue weighted by molar-refractivity contribution is 6.35. The maximum atomic E-state index is 6.13. The van der Waals surface area contributed by atoms with Crippen molar-refractivity contribution in [2.45, 2.75) is 13.1 Å². The minimum absolute atomic E-state index is 0. The van der Waals surface area contributed by atoms with Crippen molar-refractivity contribution in [1.29, 1.82) is 0 Å². The fraction of sp³-hybridized carbons (Fsp3) is 0.111. The number of furan rings is 1. The third kappa shape index (κ3) is 4.92. The quantitative estimate of drug-likeness (QED) is 0.518. The van der Waals surface area contributed by atoms with Crippen LogP contribution in [0.2, 0.25) is 15.1 Å². The van der Waals surface area contributed by atoms with Crippen LogP contribution in [0.1, 0.15) is 11.3 Å². The molecule has 0 spiro atoms. The average molecular weight is 403 g/mol. The lowest BCUT2D eigenvalue weighted by Crippen LogP contribution is -2.12. The average Bonchev–Trinajstić information content (AvgIpc) is 2.97. The Labute approximate surface area is 162 Å². The van der Waals surface area contributed by atoms with Crippen LogP contribution >= 0.6 is 47.2 Å². The molecule has 0 amide bonds. The molecule has 0 saturated carbocycles. The molecule has 1 heterocycles. The molecule has 24 heavy (non-hydrogen) atoms. The highest BCUT2D eigenvalue weighted by Gasteiger charge is 2.07. The van der Waals surface area contributed by atoms with E-state index >= 15 is 0 Å². The molecule has 1 N–H and O–H groups in total. The summed E-state index contributed by atoms with van der Waals surface area (Å²) >= 11 is 18.2. The van der Waals surface area contributed by atoms with Crippen LogP contribution in [0, 0.1) is 0 Å². The first-order valence-electron chi connectivity index (χ1n) is 7.11. The Morgan fingerprint density at radius 3 is 2.25 bits per heavy atom. The summed E-state index contributed by atoms with van der Waals surface area (Å²) in [6.07, 6.45) is 0. The number of rotatable bonds is 5. The molecule has 0 aliphatic rings. The lowest BCUT2D eigenvalue weighted by Gasteiger charge is -2.05. The predicted molar refractivity (Wildman–Crippen MR) is 103 cm³/mol. The van der Waals surface area contributed by atoms with Crippen molar-refractivity contribution in [3.8, 4) is 11.3 Å². The van der Waals surface area contributed by atoms with Crippen molar-refractivity contribution in [2.24, 2.45) is 0 Å². The van der Waals surface area contributed by atoms with Crippen molar-refractivity contribution in [3.63, 3.8) is 0 Å². The number of hydrogen-bond donors (Lipinski definition) is 1. The van der Waals surface area contributed by atoms with Gasteiger partial charge in [-0.25, -0.2) is 0 Å². The first-order valence-corrected chi connectivity index (χ1v) is 8.24. The smallest absolute Gasteiger partial charge is 0.134 e. The summed E-state index contributed by atoms with van der Waals surface area (Å²) in [7, 11) is 0. The fourth-order valence-electron chi connectivity index (χ4n) is 2.29. The molecule has 0 aliphatic carbocycles. The molecule has 2 aromatic carbocycles. The van der Waals surface area contributed by atoms with Crippen molar-refractivity contribution < 1.29 is 4.42 Å². The van der Waals surface area contributed by atoms with Crippen molar-refractivity contribution in [3.05, 3.63) is 81.0 Å². The zero-order chi connectivity index (χ0) is 16.2. The van der Waals surface area contributed by atoms with Crippen LogP contribution in [0.15, 0.2) is 59.0 Å². The Bertz CT molecular complexity index is 796. The molecule has 126 valence electrons. The van der Waals surface area contributed by atoms with Crippen LogP contribution in [0.25, 0.3) is 11.3 Å². The van der Waals surface area contributed by atoms with Gasteiger partial charge in [0.25, 0.3) is 0 Å². The Hall–Kier alpha value is -1.16. The van der Waals surface area contributed by atoms with Crippen LogP contribution in [0.3, 0.4) is 0 Å². The van der Waals surface area contributed by atoms with Gasteiger partial charge in [0, 0.05) is 27.2 Å². The van der Waals surface area contributed by atoms with Gasteiger partial charge in [-0.1, -0.05) is 53.0 Å². The van der Waals surface area contributed by atoms with Gasteiger partial charge in [-0.3, -0.25) is 0 Å². The first-order chi connectivity index (χ1) is 11.1. The molecule has 3 rings (SSSR count). The maximum Gasteiger partial charge on any atom is 0.134 e. The number of nitrogens with one attached hydrogen (secondary N) is 1. The van der Waals surface area contributed by atoms with E-state index in [4.69, 9.17) is 39.2 Å². The van der Waals surface area contributed by atoms with Gasteiger partial charge in [0.05, 0.1) is 6.54 Å². The minimum atomic E-state index is 0. The van der Waals surface area contributed by atoms with Crippen LogP contribution in [-0.2, 0) is 13.1 Å². The third-order valence-corrected chi connectivity index (χ3v) is 4.19. The fourth-order valence-corrected chi connectivity index (χ4v) is 3.01. The highest BCUT2D eigenvalue weighted by Crippen LogP contribution is 2.28. The van der Waals surface area contributed by atoms with Crippen LogP contribution in [-0.4, -0.2) is 0 Å². The Kier molecular flexibility index (Phi) is 7.02. The molecule has 0 fully saturated rings. The third-order valence-electron chi connectivity index (χ3n) is 3.38. The van der Waals surface area contributed by atoms with E-state index in [1.54, 1.807) is 6.07 Å². The summed E-state index contributed by atoms with van der Waals surface area (Å²) in [5.41, 5.74) is 1.92. The SMILES string of the molecule is Cl.Clc1cc(Cl)cc(-c2ccc(CNCc3ccccc3Cl)o2)c1. The van der Waals surface area contributed by atoms with Crippen LogP contribution < -0.4 is 5.32 Å². The lowest BCUT2D eigenvalue weighted by molar-refractivity contribution is 0.493. The van der Waals surface area contributed by atoms with Gasteiger partial charge < -0.3 is 9.73 Å². The molecule has 0 radical (unpaired) electrons. The summed E-state index contributed by atoms with van der Waals surface area (Å²) in [5.74, 6) is 1.58. The van der Waals surface area contributed by atoms with Gasteiger partial charge >= 0.3 is 0 Å². The largest absolute Gasteiger partial charge is 0.460 e. The molecule has 2 nitrogen and oxygen atoms in total. The predicted octanol–water partition coefficient (Wildman–Crippen LogP) is 6.62. The van der Waals surface area contributed by atoms with Gasteiger partial charge in [-0.15, -0.1) is 12.4 Å². The second-order valence-electron chi connectivity index (χ2n) is 5.12. The zero-order valence-corrected chi connectivity index (χ0v) is 15.6. The Morgan fingerprint density at radius 1 is 0.833 bits per heavy atom. The van der Waals surface area contributed by atoms with E-state index in [2.05, 4.69) is 5.32 Å². The van der Waals surface area contributed by atoms with E-state index in [9.17, 15) is 0 Å². The molecule has 3 aromatic rings. The highest BCUT2D eigenvalue weighted by atomic mass is 35.5. The van der Waals surface area contributed by atoms with Crippen molar-refractivity contribution in [1.82, 2.24) is 5.32 Å². The molecule has 0 bridgehead atoms. The van der Waals surface area contributed by atoms with E-state index < -0.39 is 0 Å². The molecule has 0 aliphatic heterocycles. The van der Waals surface area contributed by atoms with E-state index in [-0.39, 0.29) is 12.4 Å². The number of halogens is 4. The van der Waals surface area contributed by atoms with Gasteiger partial charge in [0.2, 0.25) is 0 Å². The Morgan fingerprint density at radius 2 is 1.54 bits per heavy atom. The summed E-state index contributed by atoms with van der Waals surface area (Å²) in [6.45, 7) is 1.29. The van der Waals surface area contributed by atoms with Gasteiger partial charge in [-0.05, 0) is 42.0 Å². The monoisotopic (exact) mass is 401 g/mol. The molecule has 0 atom stereocenters. The van der Waals surface area contributed by atoms with E-state index in [0.29, 0.717) is 23.1 Å². The van der Waals surface area contributed by atoms with Crippen molar-refractivity contribution >= 4 is 47.2 Å². The van der Waals surface area contributed by atoms with E-state index in [1.807, 2.05) is 48.5 Å². The zero-order valence-electron chi connectivity index (χ0n) is 12.6. The van der Waals surface area contributed by atoms with Crippen LogP contribution in [0.5, 0.6) is 0 Å². The molecular formula is C18H15Cl4NO. The summed E-state index contributed by atoms with van der Waals surface area (Å²) in [5, 5.41) is 5.25. The van der Waals surface area contributed by atoms with Gasteiger partial charge in [-0.2, -0.15) is 0 Å². The normalized spacial score (nSPS) is 10.5. The summed E-state index contributed by atoms with van der Waals surface area (Å²) in [6, 6.07) is 17.0. The second kappa shape index (κ2) is 8.80. The second-order valence-corrected chi connectivity index (χ2v) is 6.40. The Balaban J connectivity index is 0.00000208. The molecule has 0 saturated heterocycles. The van der Waals surface area contributed by atoms with Crippen molar-refractivity contribution in [2.75, 3.05) is 0 Å². The maximum absolute atomic E-state index is 6.13. The van der Waals surface area contributed by atoms with Crippen LogP contribution in [0.4, 0.5) is 0 Å². The van der Waals surface area contributed by atoms with Gasteiger partial charge in [0.1, 0.15) is 11.5 Å². The standard InChI is InChI=1S/C18H14Cl3NO.ClH/c19-14-7-13(8-15(20)9-14)18-6-5-16(23-18)11-22-10-12-3-1-2-4-17(12)21;/h1-9,22H,10-11H2;1H. The number of benzene rings is 2. The molecular weight excluding hydrogens is 388 g/mol. The lowest BCUT2D eigenvalue weighted by atomic mass is 10.2. The molecule has 1 aromatic heterocycles. The van der Waals surface area contributed by atoms with E-state index in [0.717, 1.165) is 27.7 Å².